The van der Waals surface area contributed by atoms with E-state index in [9.17, 15) is 13.2 Å². The molecule has 6 heteroatoms. The number of benzene rings is 2. The first kappa shape index (κ1) is 16.5. The van der Waals surface area contributed by atoms with E-state index >= 15 is 0 Å². The third kappa shape index (κ3) is 3.01. The van der Waals surface area contributed by atoms with E-state index in [-0.39, 0.29) is 10.8 Å². The number of hydrogen-bond donors (Lipinski definition) is 0. The van der Waals surface area contributed by atoms with Gasteiger partial charge in [0, 0.05) is 25.2 Å². The van der Waals surface area contributed by atoms with Gasteiger partial charge in [-0.25, -0.2) is 8.42 Å². The second kappa shape index (κ2) is 6.65. The van der Waals surface area contributed by atoms with Crippen molar-refractivity contribution in [2.45, 2.75) is 24.7 Å². The first-order valence-electron chi connectivity index (χ1n) is 8.02. The zero-order valence-corrected chi connectivity index (χ0v) is 14.4. The first-order chi connectivity index (χ1) is 11.5. The third-order valence-electron chi connectivity index (χ3n) is 4.14. The molecule has 2 aromatic carbocycles. The second-order valence-corrected chi connectivity index (χ2v) is 7.51. The van der Waals surface area contributed by atoms with Gasteiger partial charge >= 0.3 is 0 Å². The molecule has 1 heterocycles. The summed E-state index contributed by atoms with van der Waals surface area (Å²) >= 11 is 0. The van der Waals surface area contributed by atoms with Crippen LogP contribution in [0.15, 0.2) is 59.5 Å². The van der Waals surface area contributed by atoms with Crippen molar-refractivity contribution >= 4 is 27.3 Å². The van der Waals surface area contributed by atoms with Gasteiger partial charge in [-0.3, -0.25) is 9.10 Å². The van der Waals surface area contributed by atoms with E-state index in [0.29, 0.717) is 25.2 Å². The number of carbonyl (C=O) groups is 1. The molecule has 0 saturated carbocycles. The van der Waals surface area contributed by atoms with Crippen molar-refractivity contribution in [1.29, 1.82) is 0 Å². The lowest BCUT2D eigenvalue weighted by Crippen LogP contribution is -2.30. The molecule has 0 aliphatic carbocycles. The normalized spacial score (nSPS) is 14.9. The topological polar surface area (TPSA) is 57.7 Å². The van der Waals surface area contributed by atoms with Crippen LogP contribution in [0.3, 0.4) is 0 Å². The number of anilines is 2. The van der Waals surface area contributed by atoms with Gasteiger partial charge in [-0.2, -0.15) is 0 Å². The average Bonchev–Trinajstić information content (AvgIpc) is 3.02. The Bertz CT molecular complexity index is 817. The van der Waals surface area contributed by atoms with E-state index in [0.717, 1.165) is 12.1 Å². The number of carbonyl (C=O) groups excluding carboxylic acids is 1. The van der Waals surface area contributed by atoms with Crippen LogP contribution in [0.25, 0.3) is 0 Å². The number of hydrogen-bond acceptors (Lipinski definition) is 3. The molecule has 0 radical (unpaired) electrons. The molecule has 1 aliphatic rings. The fourth-order valence-corrected chi connectivity index (χ4v) is 4.41. The molecule has 1 saturated heterocycles. The summed E-state index contributed by atoms with van der Waals surface area (Å²) in [5, 5.41) is 0. The molecule has 2 aromatic rings. The number of para-hydroxylation sites is 1. The fraction of sp³-hybridized carbons (Fsp3) is 0.278. The number of nitrogens with zero attached hydrogens (tertiary/aromatic N) is 2. The van der Waals surface area contributed by atoms with Crippen LogP contribution in [0.4, 0.5) is 11.4 Å². The fourth-order valence-electron chi connectivity index (χ4n) is 2.93. The summed E-state index contributed by atoms with van der Waals surface area (Å²) in [5.41, 5.74) is 1.39. The summed E-state index contributed by atoms with van der Waals surface area (Å²) in [6, 6.07) is 15.6. The molecule has 24 heavy (non-hydrogen) atoms. The minimum Gasteiger partial charge on any atom is -0.312 e. The van der Waals surface area contributed by atoms with Crippen molar-refractivity contribution in [2.24, 2.45) is 0 Å². The Labute approximate surface area is 142 Å². The van der Waals surface area contributed by atoms with Gasteiger partial charge < -0.3 is 4.90 Å². The summed E-state index contributed by atoms with van der Waals surface area (Å²) in [4.78, 5) is 13.7. The third-order valence-corrected chi connectivity index (χ3v) is 6.06. The van der Waals surface area contributed by atoms with Crippen molar-refractivity contribution < 1.29 is 13.2 Å². The lowest BCUT2D eigenvalue weighted by Gasteiger charge is -2.23. The molecular formula is C18H20N2O3S. The summed E-state index contributed by atoms with van der Waals surface area (Å²) in [6.45, 7) is 2.84. The Hall–Kier alpha value is -2.34. The van der Waals surface area contributed by atoms with Gasteiger partial charge in [0.2, 0.25) is 5.91 Å². The average molecular weight is 344 g/mol. The Morgan fingerprint density at radius 2 is 1.71 bits per heavy atom. The molecule has 5 nitrogen and oxygen atoms in total. The minimum atomic E-state index is -3.63. The monoisotopic (exact) mass is 344 g/mol. The van der Waals surface area contributed by atoms with E-state index in [2.05, 4.69) is 0 Å². The van der Waals surface area contributed by atoms with Gasteiger partial charge in [0.1, 0.15) is 0 Å². The Morgan fingerprint density at radius 3 is 2.25 bits per heavy atom. The van der Waals surface area contributed by atoms with Crippen LogP contribution < -0.4 is 9.21 Å². The van der Waals surface area contributed by atoms with E-state index in [4.69, 9.17) is 0 Å². The number of rotatable bonds is 5. The summed E-state index contributed by atoms with van der Waals surface area (Å²) < 4.78 is 27.2. The number of sulfonamides is 1. The maximum absolute atomic E-state index is 12.9. The molecule has 1 fully saturated rings. The zero-order valence-electron chi connectivity index (χ0n) is 13.6. The highest BCUT2D eigenvalue weighted by molar-refractivity contribution is 7.92. The van der Waals surface area contributed by atoms with Crippen molar-refractivity contribution in [1.82, 2.24) is 0 Å². The van der Waals surface area contributed by atoms with Crippen LogP contribution in [-0.4, -0.2) is 27.4 Å². The van der Waals surface area contributed by atoms with Gasteiger partial charge in [-0.05, 0) is 49.7 Å². The van der Waals surface area contributed by atoms with Crippen LogP contribution in [-0.2, 0) is 14.8 Å². The molecule has 0 spiro atoms. The largest absolute Gasteiger partial charge is 0.312 e. The Balaban J connectivity index is 1.90. The SMILES string of the molecule is CCN(c1ccccc1)S(=O)(=O)c1ccc(N2CCCC2=O)cc1. The van der Waals surface area contributed by atoms with Gasteiger partial charge in [-0.15, -0.1) is 0 Å². The predicted molar refractivity (Wildman–Crippen MR) is 94.7 cm³/mol. The molecule has 1 amide bonds. The Kier molecular flexibility index (Phi) is 4.57. The maximum atomic E-state index is 12.9. The lowest BCUT2D eigenvalue weighted by atomic mass is 10.3. The van der Waals surface area contributed by atoms with Crippen LogP contribution >= 0.6 is 0 Å². The van der Waals surface area contributed by atoms with Crippen LogP contribution in [0.1, 0.15) is 19.8 Å². The quantitative estimate of drug-likeness (QED) is 0.838. The molecule has 0 aromatic heterocycles. The maximum Gasteiger partial charge on any atom is 0.264 e. The molecule has 126 valence electrons. The standard InChI is InChI=1S/C18H20N2O3S/c1-2-20(16-7-4-3-5-8-16)24(22,23)17-12-10-15(11-13-17)19-14-6-9-18(19)21/h3-5,7-8,10-13H,2,6,9,14H2,1H3. The molecule has 3 rings (SSSR count). The highest BCUT2D eigenvalue weighted by Gasteiger charge is 2.25. The molecule has 0 unspecified atom stereocenters. The smallest absolute Gasteiger partial charge is 0.264 e. The Morgan fingerprint density at radius 1 is 1.04 bits per heavy atom. The summed E-state index contributed by atoms with van der Waals surface area (Å²) in [6.07, 6.45) is 1.40. The van der Waals surface area contributed by atoms with Gasteiger partial charge in [0.05, 0.1) is 10.6 Å². The molecule has 1 aliphatic heterocycles. The second-order valence-electron chi connectivity index (χ2n) is 5.65. The highest BCUT2D eigenvalue weighted by Crippen LogP contribution is 2.26. The van der Waals surface area contributed by atoms with Crippen molar-refractivity contribution in [2.75, 3.05) is 22.3 Å². The number of amides is 1. The molecule has 0 atom stereocenters. The van der Waals surface area contributed by atoms with Gasteiger partial charge in [-0.1, -0.05) is 18.2 Å². The van der Waals surface area contributed by atoms with Gasteiger partial charge in [0.25, 0.3) is 10.0 Å². The van der Waals surface area contributed by atoms with Gasteiger partial charge in [0.15, 0.2) is 0 Å². The van der Waals surface area contributed by atoms with Crippen molar-refractivity contribution in [3.05, 3.63) is 54.6 Å². The molecule has 0 bridgehead atoms. The van der Waals surface area contributed by atoms with Crippen LogP contribution in [0, 0.1) is 0 Å². The highest BCUT2D eigenvalue weighted by atomic mass is 32.2. The van der Waals surface area contributed by atoms with E-state index < -0.39 is 10.0 Å². The lowest BCUT2D eigenvalue weighted by molar-refractivity contribution is -0.117. The summed E-state index contributed by atoms with van der Waals surface area (Å²) in [7, 11) is -3.63. The van der Waals surface area contributed by atoms with Crippen molar-refractivity contribution in [3.63, 3.8) is 0 Å². The predicted octanol–water partition coefficient (Wildman–Crippen LogP) is 3.03. The molecule has 0 N–H and O–H groups in total. The van der Waals surface area contributed by atoms with Crippen molar-refractivity contribution in [3.8, 4) is 0 Å². The van der Waals surface area contributed by atoms with E-state index in [1.807, 2.05) is 25.1 Å². The zero-order chi connectivity index (χ0) is 17.2. The van der Waals surface area contributed by atoms with Crippen LogP contribution in [0.2, 0.25) is 0 Å². The molecular weight excluding hydrogens is 324 g/mol. The first-order valence-corrected chi connectivity index (χ1v) is 9.46. The minimum absolute atomic E-state index is 0.0880. The summed E-state index contributed by atoms with van der Waals surface area (Å²) in [5.74, 6) is 0.0880. The van der Waals surface area contributed by atoms with E-state index in [1.165, 1.54) is 4.31 Å². The van der Waals surface area contributed by atoms with Crippen LogP contribution in [0.5, 0.6) is 0 Å². The van der Waals surface area contributed by atoms with E-state index in [1.54, 1.807) is 41.3 Å².